The van der Waals surface area contributed by atoms with Gasteiger partial charge in [0, 0.05) is 28.2 Å². The molecule has 0 aliphatic heterocycles. The minimum Gasteiger partial charge on any atom is -0.309 e. The summed E-state index contributed by atoms with van der Waals surface area (Å²) < 4.78 is 9.16. The third kappa shape index (κ3) is 5.98. The fourth-order valence-corrected chi connectivity index (χ4v) is 9.27. The standard InChI is InChI=1S/C54H54N6/c1-33(2)41-18-14-19-42(34(3)4)51(41)35-31-55-57(32-35)38-15-13-16-39(29-38)58-46-20-12-11-17-43(46)44-24-23-40(30-48(44)58)59-47-26-22-37(54(8,9)10)28-50(47)60-49-27-36(53(5,6)7)21-25-45(49)56-52(59)60/h11-34H,1-10H3. The summed E-state index contributed by atoms with van der Waals surface area (Å²) in [6.45, 7) is 22.8. The van der Waals surface area contributed by atoms with Gasteiger partial charge in [-0.2, -0.15) is 5.10 Å². The Labute approximate surface area is 352 Å². The molecule has 0 radical (unpaired) electrons. The predicted octanol–water partition coefficient (Wildman–Crippen LogP) is 14.2. The highest BCUT2D eigenvalue weighted by Crippen LogP contribution is 2.39. The van der Waals surface area contributed by atoms with Crippen LogP contribution in [0.1, 0.15) is 103 Å². The lowest BCUT2D eigenvalue weighted by molar-refractivity contribution is 0.591. The molecule has 0 spiro atoms. The first kappa shape index (κ1) is 37.8. The van der Waals surface area contributed by atoms with Crippen molar-refractivity contribution in [3.8, 4) is 28.2 Å². The summed E-state index contributed by atoms with van der Waals surface area (Å²) >= 11 is 0. The van der Waals surface area contributed by atoms with Crippen molar-refractivity contribution in [2.24, 2.45) is 0 Å². The Kier molecular flexibility index (Phi) is 8.56. The van der Waals surface area contributed by atoms with Gasteiger partial charge in [0.2, 0.25) is 5.78 Å². The molecule has 6 nitrogen and oxygen atoms in total. The van der Waals surface area contributed by atoms with Crippen LogP contribution in [0.15, 0.2) is 134 Å². The molecule has 0 unspecified atom stereocenters. The molecule has 6 heteroatoms. The SMILES string of the molecule is CC(C)c1cccc(C(C)C)c1-c1cnn(-c2cccc(-n3c4ccccc4c4ccc(-n5c6ccc(C(C)(C)C)cc6n6c7cc(C(C)(C)C)ccc7nc56)cc43)c2)c1. The minimum absolute atomic E-state index is 0.00269. The number of para-hydroxylation sites is 1. The largest absolute Gasteiger partial charge is 0.309 e. The van der Waals surface area contributed by atoms with Crippen molar-refractivity contribution < 1.29 is 0 Å². The Morgan fingerprint density at radius 3 is 1.85 bits per heavy atom. The summed E-state index contributed by atoms with van der Waals surface area (Å²) in [7, 11) is 0. The van der Waals surface area contributed by atoms with Crippen molar-refractivity contribution in [3.63, 3.8) is 0 Å². The molecule has 60 heavy (non-hydrogen) atoms. The Balaban J connectivity index is 1.17. The molecule has 4 aromatic heterocycles. The molecule has 10 aromatic rings. The van der Waals surface area contributed by atoms with Gasteiger partial charge < -0.3 is 4.57 Å². The summed E-state index contributed by atoms with van der Waals surface area (Å²) in [5.74, 6) is 1.72. The van der Waals surface area contributed by atoms with Crippen molar-refractivity contribution in [2.75, 3.05) is 0 Å². The monoisotopic (exact) mass is 786 g/mol. The van der Waals surface area contributed by atoms with E-state index in [4.69, 9.17) is 10.1 Å². The molecular weight excluding hydrogens is 733 g/mol. The second-order valence-corrected chi connectivity index (χ2v) is 19.4. The predicted molar refractivity (Wildman–Crippen MR) is 252 cm³/mol. The van der Waals surface area contributed by atoms with E-state index in [1.165, 1.54) is 38.6 Å². The second-order valence-electron chi connectivity index (χ2n) is 19.4. The van der Waals surface area contributed by atoms with Gasteiger partial charge in [0.15, 0.2) is 0 Å². The zero-order chi connectivity index (χ0) is 41.8. The zero-order valence-electron chi connectivity index (χ0n) is 36.5. The van der Waals surface area contributed by atoms with Crippen LogP contribution in [0.5, 0.6) is 0 Å². The molecule has 0 aliphatic carbocycles. The first-order valence-corrected chi connectivity index (χ1v) is 21.5. The highest BCUT2D eigenvalue weighted by Gasteiger charge is 2.24. The summed E-state index contributed by atoms with van der Waals surface area (Å²) in [6.07, 6.45) is 4.23. The van der Waals surface area contributed by atoms with Gasteiger partial charge in [-0.15, -0.1) is 0 Å². The van der Waals surface area contributed by atoms with Crippen LogP contribution in [0.2, 0.25) is 0 Å². The van der Waals surface area contributed by atoms with Crippen molar-refractivity contribution in [1.82, 2.24) is 28.3 Å². The Bertz CT molecular complexity index is 3260. The van der Waals surface area contributed by atoms with E-state index in [1.807, 2.05) is 10.9 Å². The number of aromatic nitrogens is 6. The molecular formula is C54H54N6. The highest BCUT2D eigenvalue weighted by atomic mass is 15.3. The van der Waals surface area contributed by atoms with Gasteiger partial charge in [0.25, 0.3) is 0 Å². The molecule has 0 saturated carbocycles. The van der Waals surface area contributed by atoms with Crippen molar-refractivity contribution >= 4 is 49.7 Å². The summed E-state index contributed by atoms with van der Waals surface area (Å²) in [5.41, 5.74) is 17.7. The van der Waals surface area contributed by atoms with Crippen LogP contribution in [-0.2, 0) is 10.8 Å². The van der Waals surface area contributed by atoms with Gasteiger partial charge in [0.1, 0.15) is 0 Å². The van der Waals surface area contributed by atoms with Gasteiger partial charge in [0.05, 0.1) is 50.7 Å². The van der Waals surface area contributed by atoms with E-state index in [1.54, 1.807) is 0 Å². The number of benzene rings is 6. The Morgan fingerprint density at radius 1 is 0.500 bits per heavy atom. The van der Waals surface area contributed by atoms with E-state index < -0.39 is 0 Å². The van der Waals surface area contributed by atoms with E-state index in [9.17, 15) is 0 Å². The number of hydrogen-bond donors (Lipinski definition) is 0. The summed E-state index contributed by atoms with van der Waals surface area (Å²) in [4.78, 5) is 5.36. The Hall–Kier alpha value is -6.40. The summed E-state index contributed by atoms with van der Waals surface area (Å²) in [5, 5.41) is 7.39. The normalized spacial score (nSPS) is 12.8. The van der Waals surface area contributed by atoms with Crippen LogP contribution in [0.4, 0.5) is 0 Å². The molecule has 0 aliphatic rings. The van der Waals surface area contributed by atoms with Crippen LogP contribution < -0.4 is 0 Å². The molecule has 0 fully saturated rings. The minimum atomic E-state index is -0.00269. The molecule has 0 saturated heterocycles. The van der Waals surface area contributed by atoms with E-state index in [2.05, 4.69) is 210 Å². The van der Waals surface area contributed by atoms with Crippen LogP contribution in [0, 0.1) is 0 Å². The first-order chi connectivity index (χ1) is 28.7. The number of nitrogens with zero attached hydrogens (tertiary/aromatic N) is 6. The van der Waals surface area contributed by atoms with E-state index in [-0.39, 0.29) is 10.8 Å². The fourth-order valence-electron chi connectivity index (χ4n) is 9.27. The van der Waals surface area contributed by atoms with Gasteiger partial charge in [-0.1, -0.05) is 130 Å². The molecule has 300 valence electrons. The van der Waals surface area contributed by atoms with Crippen LogP contribution in [0.25, 0.3) is 77.8 Å². The van der Waals surface area contributed by atoms with Gasteiger partial charge in [-0.25, -0.2) is 9.67 Å². The summed E-state index contributed by atoms with van der Waals surface area (Å²) in [6, 6.07) is 44.9. The van der Waals surface area contributed by atoms with E-state index >= 15 is 0 Å². The maximum Gasteiger partial charge on any atom is 0.220 e. The number of fused-ring (bicyclic) bond motifs is 8. The first-order valence-electron chi connectivity index (χ1n) is 21.5. The maximum atomic E-state index is 5.36. The van der Waals surface area contributed by atoms with Crippen molar-refractivity contribution in [1.29, 1.82) is 0 Å². The maximum absolute atomic E-state index is 5.36. The molecule has 4 heterocycles. The van der Waals surface area contributed by atoms with Crippen molar-refractivity contribution in [2.45, 2.75) is 91.9 Å². The van der Waals surface area contributed by atoms with Crippen LogP contribution in [0.3, 0.4) is 0 Å². The van der Waals surface area contributed by atoms with Crippen molar-refractivity contribution in [3.05, 3.63) is 156 Å². The quantitative estimate of drug-likeness (QED) is 0.168. The number of rotatable bonds is 6. The van der Waals surface area contributed by atoms with E-state index in [0.29, 0.717) is 11.8 Å². The smallest absolute Gasteiger partial charge is 0.220 e. The second kappa shape index (κ2) is 13.6. The molecule has 0 amide bonds. The zero-order valence-corrected chi connectivity index (χ0v) is 36.5. The molecule has 10 rings (SSSR count). The topological polar surface area (TPSA) is 45.0 Å². The molecule has 6 aromatic carbocycles. The molecule has 0 N–H and O–H groups in total. The number of imidazole rings is 2. The average Bonchev–Trinajstić information content (AvgIpc) is 4.00. The van der Waals surface area contributed by atoms with Crippen LogP contribution >= 0.6 is 0 Å². The molecule has 0 bridgehead atoms. The van der Waals surface area contributed by atoms with Gasteiger partial charge >= 0.3 is 0 Å². The highest BCUT2D eigenvalue weighted by molar-refractivity contribution is 6.10. The van der Waals surface area contributed by atoms with Crippen LogP contribution in [-0.4, -0.2) is 28.3 Å². The molecule has 0 atom stereocenters. The lowest BCUT2D eigenvalue weighted by Gasteiger charge is -2.19. The third-order valence-corrected chi connectivity index (χ3v) is 12.5. The lowest BCUT2D eigenvalue weighted by atomic mass is 9.86. The van der Waals surface area contributed by atoms with Gasteiger partial charge in [-0.3, -0.25) is 8.97 Å². The Morgan fingerprint density at radius 2 is 1.13 bits per heavy atom. The van der Waals surface area contributed by atoms with Gasteiger partial charge in [-0.05, 0) is 111 Å². The lowest BCUT2D eigenvalue weighted by Crippen LogP contribution is -2.11. The van der Waals surface area contributed by atoms with E-state index in [0.717, 1.165) is 61.5 Å². The third-order valence-electron chi connectivity index (χ3n) is 12.5. The average molecular weight is 787 g/mol. The number of hydrogen-bond acceptors (Lipinski definition) is 2. The fraction of sp³-hybridized carbons (Fsp3) is 0.259.